The molecule has 2 heterocycles. The van der Waals surface area contributed by atoms with Gasteiger partial charge in [0.1, 0.15) is 0 Å². The molecule has 1 aliphatic heterocycles. The van der Waals surface area contributed by atoms with Crippen LogP contribution in [-0.2, 0) is 13.5 Å². The van der Waals surface area contributed by atoms with E-state index in [1.807, 2.05) is 17.9 Å². The molecule has 1 aromatic rings. The summed E-state index contributed by atoms with van der Waals surface area (Å²) in [5, 5.41) is 7.58. The largest absolute Gasteiger partial charge is 0.316 e. The maximum absolute atomic E-state index is 4.32. The van der Waals surface area contributed by atoms with E-state index in [4.69, 9.17) is 0 Å². The Hall–Kier alpha value is -0.830. The zero-order valence-electron chi connectivity index (χ0n) is 6.75. The second-order valence-electron chi connectivity index (χ2n) is 3.21. The van der Waals surface area contributed by atoms with Gasteiger partial charge in [0.25, 0.3) is 0 Å². The minimum absolute atomic E-state index is 0.824. The van der Waals surface area contributed by atoms with Gasteiger partial charge < -0.3 is 5.32 Å². The first-order chi connectivity index (χ1) is 5.34. The third kappa shape index (κ3) is 1.43. The van der Waals surface area contributed by atoms with E-state index in [1.165, 1.54) is 5.69 Å². The Morgan fingerprint density at radius 2 is 2.55 bits per heavy atom. The van der Waals surface area contributed by atoms with Crippen molar-refractivity contribution >= 4 is 0 Å². The van der Waals surface area contributed by atoms with Gasteiger partial charge in [0.05, 0.1) is 5.69 Å². The third-order valence-corrected chi connectivity index (χ3v) is 2.13. The van der Waals surface area contributed by atoms with Gasteiger partial charge in [-0.3, -0.25) is 4.68 Å². The van der Waals surface area contributed by atoms with E-state index in [0.29, 0.717) is 0 Å². The highest BCUT2D eigenvalue weighted by Gasteiger charge is 2.17. The van der Waals surface area contributed by atoms with Crippen molar-refractivity contribution in [2.24, 2.45) is 13.0 Å². The molecule has 11 heavy (non-hydrogen) atoms. The van der Waals surface area contributed by atoms with Crippen molar-refractivity contribution in [2.75, 3.05) is 13.1 Å². The number of rotatable bonds is 2. The highest BCUT2D eigenvalue weighted by molar-refractivity contribution is 5.01. The highest BCUT2D eigenvalue weighted by atomic mass is 15.2. The fourth-order valence-electron chi connectivity index (χ4n) is 1.36. The summed E-state index contributed by atoms with van der Waals surface area (Å²) in [6.45, 7) is 2.33. The molecule has 1 aliphatic rings. The quantitative estimate of drug-likeness (QED) is 0.653. The summed E-state index contributed by atoms with van der Waals surface area (Å²) in [4.78, 5) is 0. The number of nitrogens with zero attached hydrogens (tertiary/aromatic N) is 2. The van der Waals surface area contributed by atoms with Crippen LogP contribution in [0.5, 0.6) is 0 Å². The molecule has 0 amide bonds. The Morgan fingerprint density at radius 3 is 3.00 bits per heavy atom. The van der Waals surface area contributed by atoms with Crippen molar-refractivity contribution in [1.82, 2.24) is 15.1 Å². The van der Waals surface area contributed by atoms with E-state index in [1.54, 1.807) is 0 Å². The molecule has 3 heteroatoms. The van der Waals surface area contributed by atoms with E-state index in [-0.39, 0.29) is 0 Å². The van der Waals surface area contributed by atoms with Crippen molar-refractivity contribution in [3.8, 4) is 0 Å². The Bertz CT molecular complexity index is 237. The summed E-state index contributed by atoms with van der Waals surface area (Å²) in [5.41, 5.74) is 1.22. The Balaban J connectivity index is 1.95. The molecular weight excluding hydrogens is 138 g/mol. The van der Waals surface area contributed by atoms with Gasteiger partial charge in [-0.05, 0) is 31.5 Å². The van der Waals surface area contributed by atoms with E-state index in [2.05, 4.69) is 16.5 Å². The maximum atomic E-state index is 4.32. The molecule has 60 valence electrons. The van der Waals surface area contributed by atoms with Crippen LogP contribution in [0, 0.1) is 5.92 Å². The molecular formula is C8H13N3. The molecule has 0 saturated carbocycles. The first-order valence-electron chi connectivity index (χ1n) is 4.04. The molecule has 0 unspecified atom stereocenters. The van der Waals surface area contributed by atoms with E-state index in [9.17, 15) is 0 Å². The van der Waals surface area contributed by atoms with Crippen LogP contribution >= 0.6 is 0 Å². The van der Waals surface area contributed by atoms with Crippen molar-refractivity contribution < 1.29 is 0 Å². The monoisotopic (exact) mass is 151 g/mol. The van der Waals surface area contributed by atoms with Crippen molar-refractivity contribution in [2.45, 2.75) is 6.42 Å². The lowest BCUT2D eigenvalue weighted by molar-refractivity contribution is 0.343. The maximum Gasteiger partial charge on any atom is 0.0628 e. The van der Waals surface area contributed by atoms with Gasteiger partial charge in [-0.25, -0.2) is 0 Å². The summed E-state index contributed by atoms with van der Waals surface area (Å²) in [7, 11) is 1.96. The molecule has 1 N–H and O–H groups in total. The predicted molar refractivity (Wildman–Crippen MR) is 43.3 cm³/mol. The van der Waals surface area contributed by atoms with Gasteiger partial charge in [0, 0.05) is 13.2 Å². The van der Waals surface area contributed by atoms with Gasteiger partial charge in [-0.1, -0.05) is 0 Å². The van der Waals surface area contributed by atoms with E-state index in [0.717, 1.165) is 25.4 Å². The minimum atomic E-state index is 0.824. The van der Waals surface area contributed by atoms with Crippen molar-refractivity contribution in [3.63, 3.8) is 0 Å². The fourth-order valence-corrected chi connectivity index (χ4v) is 1.36. The molecule has 0 radical (unpaired) electrons. The first kappa shape index (κ1) is 6.85. The average Bonchev–Trinajstić information content (AvgIpc) is 2.27. The van der Waals surface area contributed by atoms with Crippen LogP contribution in [-0.4, -0.2) is 22.9 Å². The lowest BCUT2D eigenvalue weighted by Crippen LogP contribution is -2.43. The summed E-state index contributed by atoms with van der Waals surface area (Å²) in [6.07, 6.45) is 3.13. The number of aryl methyl sites for hydroxylation is 1. The molecule has 0 aromatic carbocycles. The Morgan fingerprint density at radius 1 is 1.73 bits per heavy atom. The molecule has 1 aromatic heterocycles. The standard InChI is InChI=1S/C8H13N3/c1-11-3-2-8(10-11)4-7-5-9-6-7/h2-3,7,9H,4-6H2,1H3. The van der Waals surface area contributed by atoms with Crippen molar-refractivity contribution in [1.29, 1.82) is 0 Å². The van der Waals surface area contributed by atoms with E-state index >= 15 is 0 Å². The van der Waals surface area contributed by atoms with Crippen LogP contribution in [0.1, 0.15) is 5.69 Å². The second-order valence-corrected chi connectivity index (χ2v) is 3.21. The molecule has 0 atom stereocenters. The van der Waals surface area contributed by atoms with Gasteiger partial charge in [-0.2, -0.15) is 5.10 Å². The lowest BCUT2D eigenvalue weighted by atomic mass is 9.98. The molecule has 3 nitrogen and oxygen atoms in total. The van der Waals surface area contributed by atoms with Gasteiger partial charge in [0.15, 0.2) is 0 Å². The second kappa shape index (κ2) is 2.66. The van der Waals surface area contributed by atoms with Gasteiger partial charge in [0.2, 0.25) is 0 Å². The Kier molecular flexibility index (Phi) is 1.66. The number of hydrogen-bond donors (Lipinski definition) is 1. The van der Waals surface area contributed by atoms with Crippen LogP contribution in [0.3, 0.4) is 0 Å². The Labute approximate surface area is 66.4 Å². The number of nitrogens with one attached hydrogen (secondary N) is 1. The normalized spacial score (nSPS) is 18.3. The molecule has 1 fully saturated rings. The van der Waals surface area contributed by atoms with Crippen LogP contribution in [0.2, 0.25) is 0 Å². The SMILES string of the molecule is Cn1ccc(CC2CNC2)n1. The summed E-state index contributed by atoms with van der Waals surface area (Å²) in [6, 6.07) is 2.10. The summed E-state index contributed by atoms with van der Waals surface area (Å²) < 4.78 is 1.86. The minimum Gasteiger partial charge on any atom is -0.316 e. The first-order valence-corrected chi connectivity index (χ1v) is 4.04. The summed E-state index contributed by atoms with van der Waals surface area (Å²) >= 11 is 0. The van der Waals surface area contributed by atoms with Crippen LogP contribution < -0.4 is 5.32 Å². The topological polar surface area (TPSA) is 29.9 Å². The van der Waals surface area contributed by atoms with Gasteiger partial charge >= 0.3 is 0 Å². The third-order valence-electron chi connectivity index (χ3n) is 2.13. The highest BCUT2D eigenvalue weighted by Crippen LogP contribution is 2.09. The van der Waals surface area contributed by atoms with Crippen LogP contribution in [0.15, 0.2) is 12.3 Å². The molecule has 2 rings (SSSR count). The lowest BCUT2D eigenvalue weighted by Gasteiger charge is -2.25. The van der Waals surface area contributed by atoms with Crippen LogP contribution in [0.4, 0.5) is 0 Å². The zero-order chi connectivity index (χ0) is 7.68. The average molecular weight is 151 g/mol. The van der Waals surface area contributed by atoms with E-state index < -0.39 is 0 Å². The molecule has 0 spiro atoms. The summed E-state index contributed by atoms with van der Waals surface area (Å²) in [5.74, 6) is 0.824. The molecule has 1 saturated heterocycles. The molecule has 0 bridgehead atoms. The van der Waals surface area contributed by atoms with Crippen molar-refractivity contribution in [3.05, 3.63) is 18.0 Å². The smallest absolute Gasteiger partial charge is 0.0628 e. The number of aromatic nitrogens is 2. The molecule has 0 aliphatic carbocycles. The zero-order valence-corrected chi connectivity index (χ0v) is 6.75. The fraction of sp³-hybridized carbons (Fsp3) is 0.625. The van der Waals surface area contributed by atoms with Crippen LogP contribution in [0.25, 0.3) is 0 Å². The number of hydrogen-bond acceptors (Lipinski definition) is 2. The predicted octanol–water partition coefficient (Wildman–Crippen LogP) is 0.182. The van der Waals surface area contributed by atoms with Gasteiger partial charge in [-0.15, -0.1) is 0 Å².